The van der Waals surface area contributed by atoms with Gasteiger partial charge in [0.05, 0.1) is 5.56 Å². The SMILES string of the molecule is CC(C)c1cccc(C(C)C)c1NC(=O)c1cnc(NC2CCCC2)nc1. The number of para-hydroxylation sites is 1. The van der Waals surface area contributed by atoms with Gasteiger partial charge in [-0.3, -0.25) is 4.79 Å². The lowest BCUT2D eigenvalue weighted by atomic mass is 9.92. The summed E-state index contributed by atoms with van der Waals surface area (Å²) >= 11 is 0. The van der Waals surface area contributed by atoms with Crippen molar-refractivity contribution in [2.45, 2.75) is 71.3 Å². The van der Waals surface area contributed by atoms with Crippen molar-refractivity contribution < 1.29 is 4.79 Å². The highest BCUT2D eigenvalue weighted by Gasteiger charge is 2.18. The molecule has 1 heterocycles. The summed E-state index contributed by atoms with van der Waals surface area (Å²) in [7, 11) is 0. The van der Waals surface area contributed by atoms with Crippen molar-refractivity contribution in [2.24, 2.45) is 0 Å². The number of hydrogen-bond acceptors (Lipinski definition) is 4. The van der Waals surface area contributed by atoms with Crippen molar-refractivity contribution in [3.05, 3.63) is 47.3 Å². The molecule has 1 aliphatic rings. The number of carbonyl (C=O) groups excluding carboxylic acids is 1. The molecule has 3 rings (SSSR count). The van der Waals surface area contributed by atoms with E-state index >= 15 is 0 Å². The van der Waals surface area contributed by atoms with Crippen molar-refractivity contribution >= 4 is 17.5 Å². The van der Waals surface area contributed by atoms with Gasteiger partial charge in [0.25, 0.3) is 5.91 Å². The Bertz CT molecular complexity index is 751. The van der Waals surface area contributed by atoms with Crippen molar-refractivity contribution in [3.63, 3.8) is 0 Å². The predicted octanol–water partition coefficient (Wildman–Crippen LogP) is 5.33. The van der Waals surface area contributed by atoms with E-state index in [4.69, 9.17) is 0 Å². The number of aromatic nitrogens is 2. The molecule has 1 amide bonds. The minimum Gasteiger partial charge on any atom is -0.351 e. The molecule has 5 heteroatoms. The van der Waals surface area contributed by atoms with E-state index in [0.717, 1.165) is 29.7 Å². The van der Waals surface area contributed by atoms with Gasteiger partial charge in [-0.15, -0.1) is 0 Å². The van der Waals surface area contributed by atoms with Crippen LogP contribution in [0.3, 0.4) is 0 Å². The molecular weight excluding hydrogens is 336 g/mol. The second kappa shape index (κ2) is 8.51. The summed E-state index contributed by atoms with van der Waals surface area (Å²) in [6, 6.07) is 6.68. The topological polar surface area (TPSA) is 66.9 Å². The summed E-state index contributed by atoms with van der Waals surface area (Å²) in [6.07, 6.45) is 8.04. The molecule has 0 unspecified atom stereocenters. The highest BCUT2D eigenvalue weighted by atomic mass is 16.1. The van der Waals surface area contributed by atoms with Crippen molar-refractivity contribution in [1.29, 1.82) is 0 Å². The second-order valence-electron chi connectivity index (χ2n) is 8.00. The monoisotopic (exact) mass is 366 g/mol. The number of carbonyl (C=O) groups is 1. The molecule has 1 aromatic carbocycles. The molecule has 1 aromatic heterocycles. The van der Waals surface area contributed by atoms with Gasteiger partial charge in [0.1, 0.15) is 0 Å². The van der Waals surface area contributed by atoms with E-state index in [2.05, 4.69) is 66.5 Å². The first kappa shape index (κ1) is 19.3. The first-order valence-corrected chi connectivity index (χ1v) is 9.98. The Kier molecular flexibility index (Phi) is 6.09. The molecule has 27 heavy (non-hydrogen) atoms. The Hall–Kier alpha value is -2.43. The van der Waals surface area contributed by atoms with Crippen LogP contribution in [-0.4, -0.2) is 21.9 Å². The first-order valence-electron chi connectivity index (χ1n) is 9.98. The third-order valence-corrected chi connectivity index (χ3v) is 5.21. The number of rotatable bonds is 6. The average molecular weight is 367 g/mol. The molecule has 0 atom stereocenters. The van der Waals surface area contributed by atoms with Gasteiger partial charge in [-0.25, -0.2) is 9.97 Å². The maximum atomic E-state index is 12.8. The van der Waals surface area contributed by atoms with Crippen LogP contribution in [0.5, 0.6) is 0 Å². The van der Waals surface area contributed by atoms with Gasteiger partial charge < -0.3 is 10.6 Å². The fourth-order valence-corrected chi connectivity index (χ4v) is 3.65. The van der Waals surface area contributed by atoms with Crippen LogP contribution in [-0.2, 0) is 0 Å². The highest BCUT2D eigenvalue weighted by molar-refractivity contribution is 6.04. The third-order valence-electron chi connectivity index (χ3n) is 5.21. The lowest BCUT2D eigenvalue weighted by Gasteiger charge is -2.20. The smallest absolute Gasteiger partial charge is 0.258 e. The van der Waals surface area contributed by atoms with Crippen LogP contribution in [0.1, 0.15) is 86.7 Å². The Morgan fingerprint density at radius 3 is 2.07 bits per heavy atom. The molecular formula is C22H30N4O. The van der Waals surface area contributed by atoms with E-state index in [1.165, 1.54) is 12.8 Å². The van der Waals surface area contributed by atoms with Gasteiger partial charge in [0.2, 0.25) is 5.95 Å². The van der Waals surface area contributed by atoms with Crippen LogP contribution in [0.2, 0.25) is 0 Å². The largest absolute Gasteiger partial charge is 0.351 e. The third kappa shape index (κ3) is 4.65. The van der Waals surface area contributed by atoms with E-state index in [1.807, 2.05) is 0 Å². The summed E-state index contributed by atoms with van der Waals surface area (Å²) in [5.41, 5.74) is 3.69. The molecule has 1 saturated carbocycles. The number of nitrogens with one attached hydrogen (secondary N) is 2. The molecule has 0 aliphatic heterocycles. The van der Waals surface area contributed by atoms with E-state index < -0.39 is 0 Å². The van der Waals surface area contributed by atoms with Gasteiger partial charge in [-0.2, -0.15) is 0 Å². The van der Waals surface area contributed by atoms with Crippen molar-refractivity contribution in [1.82, 2.24) is 9.97 Å². The fourth-order valence-electron chi connectivity index (χ4n) is 3.65. The lowest BCUT2D eigenvalue weighted by molar-refractivity contribution is 0.102. The molecule has 144 valence electrons. The number of nitrogens with zero attached hydrogens (tertiary/aromatic N) is 2. The Balaban J connectivity index is 1.77. The summed E-state index contributed by atoms with van der Waals surface area (Å²) in [4.78, 5) is 21.5. The standard InChI is InChI=1S/C22H30N4O/c1-14(2)18-10-7-11-19(15(3)4)20(18)26-21(27)16-12-23-22(24-13-16)25-17-8-5-6-9-17/h7,10-15,17H,5-6,8-9H2,1-4H3,(H,26,27)(H,23,24,25). The number of anilines is 2. The van der Waals surface area contributed by atoms with Gasteiger partial charge in [-0.1, -0.05) is 58.7 Å². The summed E-state index contributed by atoms with van der Waals surface area (Å²) < 4.78 is 0. The molecule has 0 spiro atoms. The molecule has 5 nitrogen and oxygen atoms in total. The number of hydrogen-bond donors (Lipinski definition) is 2. The quantitative estimate of drug-likeness (QED) is 0.725. The molecule has 2 N–H and O–H groups in total. The molecule has 0 saturated heterocycles. The van der Waals surface area contributed by atoms with Gasteiger partial charge in [0, 0.05) is 24.1 Å². The molecule has 1 fully saturated rings. The van der Waals surface area contributed by atoms with E-state index in [-0.39, 0.29) is 5.91 Å². The number of amides is 1. The Morgan fingerprint density at radius 2 is 1.56 bits per heavy atom. The minimum atomic E-state index is -0.169. The predicted molar refractivity (Wildman–Crippen MR) is 110 cm³/mol. The van der Waals surface area contributed by atoms with Gasteiger partial charge in [-0.05, 0) is 35.8 Å². The maximum absolute atomic E-state index is 12.8. The zero-order valence-corrected chi connectivity index (χ0v) is 16.7. The van der Waals surface area contributed by atoms with E-state index in [1.54, 1.807) is 12.4 Å². The van der Waals surface area contributed by atoms with Crippen LogP contribution >= 0.6 is 0 Å². The molecule has 2 aromatic rings. The van der Waals surface area contributed by atoms with Gasteiger partial charge in [0.15, 0.2) is 0 Å². The molecule has 1 aliphatic carbocycles. The summed E-state index contributed by atoms with van der Waals surface area (Å²) in [5, 5.41) is 6.46. The minimum absolute atomic E-state index is 0.169. The van der Waals surface area contributed by atoms with Crippen LogP contribution in [0.15, 0.2) is 30.6 Å². The van der Waals surface area contributed by atoms with Crippen LogP contribution in [0.25, 0.3) is 0 Å². The van der Waals surface area contributed by atoms with E-state index in [9.17, 15) is 4.79 Å². The zero-order valence-electron chi connectivity index (χ0n) is 16.7. The highest BCUT2D eigenvalue weighted by Crippen LogP contribution is 2.32. The van der Waals surface area contributed by atoms with Crippen LogP contribution < -0.4 is 10.6 Å². The second-order valence-corrected chi connectivity index (χ2v) is 8.00. The number of benzene rings is 1. The lowest BCUT2D eigenvalue weighted by Crippen LogP contribution is -2.19. The van der Waals surface area contributed by atoms with Crippen LogP contribution in [0, 0.1) is 0 Å². The normalized spacial score (nSPS) is 14.7. The maximum Gasteiger partial charge on any atom is 0.258 e. The average Bonchev–Trinajstić information content (AvgIpc) is 3.15. The Labute approximate surface area is 162 Å². The first-order chi connectivity index (χ1) is 13.0. The van der Waals surface area contributed by atoms with E-state index in [0.29, 0.717) is 29.4 Å². The van der Waals surface area contributed by atoms with Crippen LogP contribution in [0.4, 0.5) is 11.6 Å². The fraction of sp³-hybridized carbons (Fsp3) is 0.500. The van der Waals surface area contributed by atoms with Crippen molar-refractivity contribution in [3.8, 4) is 0 Å². The zero-order chi connectivity index (χ0) is 19.4. The van der Waals surface area contributed by atoms with Gasteiger partial charge >= 0.3 is 0 Å². The Morgan fingerprint density at radius 1 is 1.00 bits per heavy atom. The van der Waals surface area contributed by atoms with Crippen molar-refractivity contribution in [2.75, 3.05) is 10.6 Å². The molecule has 0 bridgehead atoms. The molecule has 0 radical (unpaired) electrons. The summed E-state index contributed by atoms with van der Waals surface area (Å²) in [5.74, 6) is 1.09. The summed E-state index contributed by atoms with van der Waals surface area (Å²) in [6.45, 7) is 8.56.